The molecule has 1 unspecified atom stereocenters. The Morgan fingerprint density at radius 2 is 1.90 bits per heavy atom. The molecule has 2 aromatic carbocycles. The zero-order valence-electron chi connectivity index (χ0n) is 11.2. The number of alkyl halides is 1. The number of halogens is 2. The van der Waals surface area contributed by atoms with Crippen molar-refractivity contribution in [1.82, 2.24) is 0 Å². The van der Waals surface area contributed by atoms with E-state index < -0.39 is 0 Å². The van der Waals surface area contributed by atoms with Gasteiger partial charge in [0.15, 0.2) is 0 Å². The molecule has 0 aliphatic heterocycles. The molecule has 0 bridgehead atoms. The predicted octanol–water partition coefficient (Wildman–Crippen LogP) is 5.04. The Hall–Kier alpha value is -0.780. The van der Waals surface area contributed by atoms with E-state index in [-0.39, 0.29) is 6.10 Å². The Kier molecular flexibility index (Phi) is 6.13. The van der Waals surface area contributed by atoms with Crippen LogP contribution >= 0.6 is 34.2 Å². The Labute approximate surface area is 138 Å². The lowest BCUT2D eigenvalue weighted by atomic mass is 10.1. The van der Waals surface area contributed by atoms with Crippen molar-refractivity contribution in [3.8, 4) is 5.75 Å². The molecule has 0 radical (unpaired) electrons. The van der Waals surface area contributed by atoms with Crippen molar-refractivity contribution in [2.24, 2.45) is 0 Å². The Bertz CT molecular complexity index is 542. The van der Waals surface area contributed by atoms with Crippen LogP contribution in [0.3, 0.4) is 0 Å². The van der Waals surface area contributed by atoms with Gasteiger partial charge in [0.1, 0.15) is 5.75 Å². The van der Waals surface area contributed by atoms with E-state index in [4.69, 9.17) is 21.1 Å². The largest absolute Gasteiger partial charge is 0.497 e. The molecule has 106 valence electrons. The number of methoxy groups -OCH3 is 1. The zero-order chi connectivity index (χ0) is 14.4. The third kappa shape index (κ3) is 4.36. The van der Waals surface area contributed by atoms with Crippen molar-refractivity contribution < 1.29 is 9.47 Å². The van der Waals surface area contributed by atoms with Crippen molar-refractivity contribution in [3.05, 3.63) is 64.7 Å². The highest BCUT2D eigenvalue weighted by atomic mass is 127. The first kappa shape index (κ1) is 15.6. The summed E-state index contributed by atoms with van der Waals surface area (Å²) < 4.78 is 12.0. The third-order valence-electron chi connectivity index (χ3n) is 2.97. The van der Waals surface area contributed by atoms with E-state index in [1.807, 2.05) is 48.5 Å². The summed E-state index contributed by atoms with van der Waals surface area (Å²) in [4.78, 5) is 0. The van der Waals surface area contributed by atoms with E-state index in [2.05, 4.69) is 22.6 Å². The van der Waals surface area contributed by atoms with Crippen molar-refractivity contribution in [2.45, 2.75) is 12.7 Å². The average molecular weight is 403 g/mol. The van der Waals surface area contributed by atoms with Crippen LogP contribution in [-0.2, 0) is 11.3 Å². The topological polar surface area (TPSA) is 18.5 Å². The first-order chi connectivity index (χ1) is 9.72. The van der Waals surface area contributed by atoms with Crippen LogP contribution in [0.5, 0.6) is 5.75 Å². The summed E-state index contributed by atoms with van der Waals surface area (Å²) in [6.07, 6.45) is 0.0522. The molecule has 2 nitrogen and oxygen atoms in total. The second-order valence-electron chi connectivity index (χ2n) is 4.36. The van der Waals surface area contributed by atoms with E-state index in [1.165, 1.54) is 0 Å². The van der Waals surface area contributed by atoms with Crippen molar-refractivity contribution >= 4 is 34.2 Å². The predicted molar refractivity (Wildman–Crippen MR) is 90.9 cm³/mol. The quantitative estimate of drug-likeness (QED) is 0.498. The van der Waals surface area contributed by atoms with Crippen molar-refractivity contribution in [2.75, 3.05) is 11.5 Å². The zero-order valence-corrected chi connectivity index (χ0v) is 14.1. The van der Waals surface area contributed by atoms with E-state index >= 15 is 0 Å². The van der Waals surface area contributed by atoms with Gasteiger partial charge in [-0.2, -0.15) is 0 Å². The van der Waals surface area contributed by atoms with E-state index in [9.17, 15) is 0 Å². The molecule has 4 heteroatoms. The minimum absolute atomic E-state index is 0.0522. The summed E-state index contributed by atoms with van der Waals surface area (Å²) in [5.74, 6) is 0.856. The van der Waals surface area contributed by atoms with Gasteiger partial charge in [-0.15, -0.1) is 0 Å². The van der Waals surface area contributed by atoms with Crippen molar-refractivity contribution in [3.63, 3.8) is 0 Å². The summed E-state index contributed by atoms with van der Waals surface area (Å²) in [5.41, 5.74) is 2.24. The molecule has 2 rings (SSSR count). The second kappa shape index (κ2) is 7.86. The van der Waals surface area contributed by atoms with Crippen LogP contribution in [0.15, 0.2) is 48.5 Å². The van der Waals surface area contributed by atoms with E-state index in [0.717, 1.165) is 26.3 Å². The molecule has 0 aromatic heterocycles. The lowest BCUT2D eigenvalue weighted by Gasteiger charge is -2.16. The fourth-order valence-electron chi connectivity index (χ4n) is 1.86. The van der Waals surface area contributed by atoms with Crippen LogP contribution in [0.1, 0.15) is 17.2 Å². The molecule has 1 atom stereocenters. The lowest BCUT2D eigenvalue weighted by molar-refractivity contribution is 0.0577. The number of hydrogen-bond donors (Lipinski definition) is 0. The molecule has 0 aliphatic rings. The number of hydrogen-bond acceptors (Lipinski definition) is 2. The Morgan fingerprint density at radius 3 is 2.50 bits per heavy atom. The third-order valence-corrected chi connectivity index (χ3v) is 4.01. The standard InChI is InChI=1S/C16H16ClIO2/c1-19-15-7-5-12(6-8-15)11-20-16(10-18)13-3-2-4-14(17)9-13/h2-9,16H,10-11H2,1H3. The molecule has 0 saturated carbocycles. The molecule has 2 aromatic rings. The monoisotopic (exact) mass is 402 g/mol. The van der Waals surface area contributed by atoms with Gasteiger partial charge >= 0.3 is 0 Å². The summed E-state index contributed by atoms with van der Waals surface area (Å²) in [6, 6.07) is 15.7. The van der Waals surface area contributed by atoms with Crippen LogP contribution in [-0.4, -0.2) is 11.5 Å². The van der Waals surface area contributed by atoms with Gasteiger partial charge < -0.3 is 9.47 Å². The SMILES string of the molecule is COc1ccc(COC(CI)c2cccc(Cl)c2)cc1. The second-order valence-corrected chi connectivity index (χ2v) is 5.67. The van der Waals surface area contributed by atoms with E-state index in [0.29, 0.717) is 6.61 Å². The van der Waals surface area contributed by atoms with Gasteiger partial charge in [0.25, 0.3) is 0 Å². The molecule has 0 spiro atoms. The molecule has 20 heavy (non-hydrogen) atoms. The van der Waals surface area contributed by atoms with Gasteiger partial charge in [-0.05, 0) is 35.4 Å². The summed E-state index contributed by atoms with van der Waals surface area (Å²) in [6.45, 7) is 0.574. The minimum Gasteiger partial charge on any atom is -0.497 e. The highest BCUT2D eigenvalue weighted by Gasteiger charge is 2.11. The highest BCUT2D eigenvalue weighted by molar-refractivity contribution is 14.1. The lowest BCUT2D eigenvalue weighted by Crippen LogP contribution is -2.06. The summed E-state index contributed by atoms with van der Waals surface area (Å²) in [7, 11) is 1.66. The molecule has 0 saturated heterocycles. The van der Waals surface area contributed by atoms with Crippen LogP contribution in [0.25, 0.3) is 0 Å². The fraction of sp³-hybridized carbons (Fsp3) is 0.250. The average Bonchev–Trinajstić information content (AvgIpc) is 2.48. The van der Waals surface area contributed by atoms with Gasteiger partial charge in [0, 0.05) is 9.45 Å². The number of rotatable bonds is 6. The molecular formula is C16H16ClIO2. The molecule has 0 amide bonds. The molecule has 0 heterocycles. The molecule has 0 fully saturated rings. The normalized spacial score (nSPS) is 12.2. The van der Waals surface area contributed by atoms with E-state index in [1.54, 1.807) is 7.11 Å². The smallest absolute Gasteiger partial charge is 0.118 e. The minimum atomic E-state index is 0.0522. The van der Waals surface area contributed by atoms with Gasteiger partial charge in [0.05, 0.1) is 19.8 Å². The van der Waals surface area contributed by atoms with Crippen LogP contribution in [0.2, 0.25) is 5.02 Å². The molecule has 0 aliphatic carbocycles. The molecular weight excluding hydrogens is 387 g/mol. The maximum absolute atomic E-state index is 6.02. The van der Waals surface area contributed by atoms with Crippen LogP contribution in [0.4, 0.5) is 0 Å². The molecule has 0 N–H and O–H groups in total. The van der Waals surface area contributed by atoms with Gasteiger partial charge in [-0.3, -0.25) is 0 Å². The number of benzene rings is 2. The van der Waals surface area contributed by atoms with Crippen LogP contribution in [0, 0.1) is 0 Å². The first-order valence-electron chi connectivity index (χ1n) is 6.29. The Balaban J connectivity index is 1.99. The van der Waals surface area contributed by atoms with Gasteiger partial charge in [-0.25, -0.2) is 0 Å². The number of ether oxygens (including phenoxy) is 2. The first-order valence-corrected chi connectivity index (χ1v) is 8.19. The fourth-order valence-corrected chi connectivity index (χ4v) is 2.82. The maximum Gasteiger partial charge on any atom is 0.118 e. The maximum atomic E-state index is 6.02. The summed E-state index contributed by atoms with van der Waals surface area (Å²) in [5, 5.41) is 0.741. The highest BCUT2D eigenvalue weighted by Crippen LogP contribution is 2.24. The van der Waals surface area contributed by atoms with Gasteiger partial charge in [-0.1, -0.05) is 58.5 Å². The van der Waals surface area contributed by atoms with Crippen LogP contribution < -0.4 is 4.74 Å². The van der Waals surface area contributed by atoms with Crippen molar-refractivity contribution in [1.29, 1.82) is 0 Å². The summed E-state index contributed by atoms with van der Waals surface area (Å²) >= 11 is 8.36. The van der Waals surface area contributed by atoms with Gasteiger partial charge in [0.2, 0.25) is 0 Å². The Morgan fingerprint density at radius 1 is 1.15 bits per heavy atom.